The zero-order valence-corrected chi connectivity index (χ0v) is 16.6. The number of carbonyl (C=O) groups excluding carboxylic acids is 1. The Morgan fingerprint density at radius 3 is 2.43 bits per heavy atom. The predicted molar refractivity (Wildman–Crippen MR) is 99.9 cm³/mol. The Morgan fingerprint density at radius 2 is 1.87 bits per heavy atom. The van der Waals surface area contributed by atoms with E-state index in [1.165, 1.54) is 19.1 Å². The molecular weight excluding hydrogens is 458 g/mol. The second-order valence-corrected chi connectivity index (χ2v) is 6.97. The SMILES string of the molecule is CCOC(=O)/C(=C/Nc1ccccc1C(F)(F)F)Sc1ncc(C(F)(F)F)cc1Cl. The van der Waals surface area contributed by atoms with Gasteiger partial charge in [0.25, 0.3) is 0 Å². The molecule has 1 aromatic heterocycles. The average Bonchev–Trinajstić information content (AvgIpc) is 2.65. The Morgan fingerprint density at radius 1 is 1.20 bits per heavy atom. The van der Waals surface area contributed by atoms with Crippen molar-refractivity contribution in [3.63, 3.8) is 0 Å². The van der Waals surface area contributed by atoms with E-state index in [0.29, 0.717) is 24.0 Å². The van der Waals surface area contributed by atoms with Gasteiger partial charge in [-0.15, -0.1) is 0 Å². The fourth-order valence-corrected chi connectivity index (χ4v) is 3.10. The highest BCUT2D eigenvalue weighted by Gasteiger charge is 2.33. The van der Waals surface area contributed by atoms with E-state index in [4.69, 9.17) is 16.3 Å². The third kappa shape index (κ3) is 6.30. The Labute approximate surface area is 176 Å². The first-order valence-corrected chi connectivity index (χ1v) is 9.33. The van der Waals surface area contributed by atoms with Gasteiger partial charge in [0.1, 0.15) is 9.93 Å². The van der Waals surface area contributed by atoms with Crippen molar-refractivity contribution in [2.45, 2.75) is 24.3 Å². The van der Waals surface area contributed by atoms with Gasteiger partial charge in [-0.05, 0) is 25.1 Å². The number of nitrogens with zero attached hydrogens (tertiary/aromatic N) is 1. The molecule has 0 aliphatic carbocycles. The number of esters is 1. The summed E-state index contributed by atoms with van der Waals surface area (Å²) in [5.41, 5.74) is -2.39. The van der Waals surface area contributed by atoms with Crippen LogP contribution in [0.15, 0.2) is 52.7 Å². The Bertz CT molecular complexity index is 947. The summed E-state index contributed by atoms with van der Waals surface area (Å²) in [7, 11) is 0. The fraction of sp³-hybridized carbons (Fsp3) is 0.222. The lowest BCUT2D eigenvalue weighted by molar-refractivity contribution is -0.138. The lowest BCUT2D eigenvalue weighted by Crippen LogP contribution is -2.11. The molecule has 2 rings (SSSR count). The maximum absolute atomic E-state index is 13.1. The van der Waals surface area contributed by atoms with Crippen molar-refractivity contribution in [3.05, 3.63) is 63.8 Å². The number of carbonyl (C=O) groups is 1. The number of rotatable bonds is 6. The molecule has 1 N–H and O–H groups in total. The topological polar surface area (TPSA) is 51.2 Å². The lowest BCUT2D eigenvalue weighted by Gasteiger charge is -2.14. The van der Waals surface area contributed by atoms with Crippen LogP contribution in [0, 0.1) is 0 Å². The van der Waals surface area contributed by atoms with E-state index in [1.54, 1.807) is 0 Å². The number of hydrogen-bond acceptors (Lipinski definition) is 5. The molecule has 0 saturated heterocycles. The maximum Gasteiger partial charge on any atom is 0.418 e. The van der Waals surface area contributed by atoms with Crippen LogP contribution < -0.4 is 5.32 Å². The molecule has 0 spiro atoms. The number of nitrogens with one attached hydrogen (secondary N) is 1. The van der Waals surface area contributed by atoms with Crippen molar-refractivity contribution in [3.8, 4) is 0 Å². The minimum absolute atomic E-state index is 0.0377. The number of ether oxygens (including phenoxy) is 1. The van der Waals surface area contributed by atoms with Gasteiger partial charge in [0, 0.05) is 12.4 Å². The van der Waals surface area contributed by atoms with Crippen molar-refractivity contribution in [1.29, 1.82) is 0 Å². The van der Waals surface area contributed by atoms with E-state index >= 15 is 0 Å². The number of benzene rings is 1. The van der Waals surface area contributed by atoms with E-state index in [1.807, 2.05) is 0 Å². The molecule has 1 heterocycles. The summed E-state index contributed by atoms with van der Waals surface area (Å²) < 4.78 is 82.4. The molecule has 0 radical (unpaired) electrons. The molecule has 4 nitrogen and oxygen atoms in total. The van der Waals surface area contributed by atoms with E-state index in [0.717, 1.165) is 18.3 Å². The van der Waals surface area contributed by atoms with Gasteiger partial charge in [0.05, 0.1) is 28.4 Å². The largest absolute Gasteiger partial charge is 0.462 e. The van der Waals surface area contributed by atoms with Gasteiger partial charge in [0.2, 0.25) is 0 Å². The van der Waals surface area contributed by atoms with Crippen LogP contribution in [0.3, 0.4) is 0 Å². The molecule has 0 bridgehead atoms. The second kappa shape index (κ2) is 9.61. The number of hydrogen-bond donors (Lipinski definition) is 1. The molecule has 0 saturated carbocycles. The summed E-state index contributed by atoms with van der Waals surface area (Å²) in [4.78, 5) is 15.5. The minimum Gasteiger partial charge on any atom is -0.462 e. The first-order chi connectivity index (χ1) is 13.9. The number of pyridine rings is 1. The molecule has 0 unspecified atom stereocenters. The molecule has 162 valence electrons. The van der Waals surface area contributed by atoms with Gasteiger partial charge < -0.3 is 10.1 Å². The normalized spacial score (nSPS) is 12.6. The quantitative estimate of drug-likeness (QED) is 0.230. The van der Waals surface area contributed by atoms with E-state index in [9.17, 15) is 31.1 Å². The molecule has 0 amide bonds. The van der Waals surface area contributed by atoms with Crippen LogP contribution >= 0.6 is 23.4 Å². The summed E-state index contributed by atoms with van der Waals surface area (Å²) in [5.74, 6) is -0.919. The molecule has 30 heavy (non-hydrogen) atoms. The standard InChI is InChI=1S/C18H13ClF6N2O2S/c1-2-29-16(28)14(9-26-13-6-4-3-5-11(13)18(23,24)25)30-15-12(19)7-10(8-27-15)17(20,21)22/h3-9,26H,2H2,1H3/b14-9-. The van der Waals surface area contributed by atoms with E-state index < -0.39 is 29.4 Å². The molecule has 0 aliphatic rings. The van der Waals surface area contributed by atoms with Crippen LogP contribution in [0.1, 0.15) is 18.1 Å². The summed E-state index contributed by atoms with van der Waals surface area (Å²) in [6.45, 7) is 1.47. The van der Waals surface area contributed by atoms with Crippen molar-refractivity contribution < 1.29 is 35.9 Å². The Kier molecular flexibility index (Phi) is 7.64. The molecule has 2 aromatic rings. The highest BCUT2D eigenvalue weighted by Crippen LogP contribution is 2.37. The van der Waals surface area contributed by atoms with Crippen molar-refractivity contribution >= 4 is 35.0 Å². The summed E-state index contributed by atoms with van der Waals surface area (Å²) in [6.07, 6.45) is -7.83. The molecule has 0 atom stereocenters. The highest BCUT2D eigenvalue weighted by molar-refractivity contribution is 8.04. The number of anilines is 1. The zero-order valence-electron chi connectivity index (χ0n) is 15.1. The summed E-state index contributed by atoms with van der Waals surface area (Å²) in [6, 6.07) is 5.19. The molecular formula is C18H13ClF6N2O2S. The lowest BCUT2D eigenvalue weighted by atomic mass is 10.1. The summed E-state index contributed by atoms with van der Waals surface area (Å²) in [5, 5.41) is 1.83. The fourth-order valence-electron chi connectivity index (χ4n) is 2.09. The number of thioether (sulfide) groups is 1. The Hall–Kier alpha value is -2.40. The van der Waals surface area contributed by atoms with Crippen molar-refractivity contribution in [2.24, 2.45) is 0 Å². The third-order valence-corrected chi connectivity index (χ3v) is 4.83. The van der Waals surface area contributed by atoms with Crippen LogP contribution in [0.5, 0.6) is 0 Å². The first kappa shape index (κ1) is 23.9. The Balaban J connectivity index is 2.36. The number of halogens is 7. The van der Waals surface area contributed by atoms with Crippen LogP contribution in [0.25, 0.3) is 0 Å². The molecule has 12 heteroatoms. The van der Waals surface area contributed by atoms with Gasteiger partial charge in [0.15, 0.2) is 0 Å². The van der Waals surface area contributed by atoms with Gasteiger partial charge >= 0.3 is 18.3 Å². The van der Waals surface area contributed by atoms with Crippen LogP contribution in [0.4, 0.5) is 32.0 Å². The first-order valence-electron chi connectivity index (χ1n) is 8.14. The number of para-hydroxylation sites is 1. The van der Waals surface area contributed by atoms with Crippen LogP contribution in [-0.2, 0) is 21.9 Å². The van der Waals surface area contributed by atoms with Crippen molar-refractivity contribution in [1.82, 2.24) is 4.98 Å². The second-order valence-electron chi connectivity index (χ2n) is 5.53. The van der Waals surface area contributed by atoms with Gasteiger partial charge in [-0.25, -0.2) is 9.78 Å². The van der Waals surface area contributed by atoms with E-state index in [-0.39, 0.29) is 27.2 Å². The summed E-state index contributed by atoms with van der Waals surface area (Å²) >= 11 is 6.38. The maximum atomic E-state index is 13.1. The minimum atomic E-state index is -4.66. The monoisotopic (exact) mass is 470 g/mol. The average molecular weight is 471 g/mol. The smallest absolute Gasteiger partial charge is 0.418 e. The highest BCUT2D eigenvalue weighted by atomic mass is 35.5. The molecule has 1 aromatic carbocycles. The number of alkyl halides is 6. The van der Waals surface area contributed by atoms with Gasteiger partial charge in [-0.3, -0.25) is 0 Å². The molecule has 0 fully saturated rings. The van der Waals surface area contributed by atoms with E-state index in [2.05, 4.69) is 10.3 Å². The van der Waals surface area contributed by atoms with Crippen LogP contribution in [0.2, 0.25) is 5.02 Å². The molecule has 0 aliphatic heterocycles. The third-order valence-electron chi connectivity index (χ3n) is 3.41. The number of aromatic nitrogens is 1. The van der Waals surface area contributed by atoms with Crippen LogP contribution in [-0.4, -0.2) is 17.6 Å². The van der Waals surface area contributed by atoms with Gasteiger partial charge in [-0.1, -0.05) is 35.5 Å². The zero-order chi connectivity index (χ0) is 22.5. The predicted octanol–water partition coefficient (Wildman–Crippen LogP) is 6.38. The van der Waals surface area contributed by atoms with Gasteiger partial charge in [-0.2, -0.15) is 26.3 Å². The van der Waals surface area contributed by atoms with Crippen molar-refractivity contribution in [2.75, 3.05) is 11.9 Å².